The lowest BCUT2D eigenvalue weighted by atomic mass is 9.79. The molecule has 2 unspecified atom stereocenters. The summed E-state index contributed by atoms with van der Waals surface area (Å²) in [5.41, 5.74) is 6.72. The van der Waals surface area contributed by atoms with E-state index in [-0.39, 0.29) is 6.04 Å². The van der Waals surface area contributed by atoms with Crippen LogP contribution in [0.15, 0.2) is 42.6 Å². The third kappa shape index (κ3) is 2.77. The number of ether oxygens (including phenoxy) is 1. The molecule has 0 bridgehead atoms. The van der Waals surface area contributed by atoms with Gasteiger partial charge in [-0.3, -0.25) is 16.3 Å². The Morgan fingerprint density at radius 2 is 2.05 bits per heavy atom. The number of hydrazine groups is 1. The van der Waals surface area contributed by atoms with Crippen molar-refractivity contribution in [3.63, 3.8) is 0 Å². The summed E-state index contributed by atoms with van der Waals surface area (Å²) in [4.78, 5) is 4.48. The van der Waals surface area contributed by atoms with Gasteiger partial charge in [-0.15, -0.1) is 0 Å². The zero-order chi connectivity index (χ0) is 14.7. The summed E-state index contributed by atoms with van der Waals surface area (Å²) >= 11 is 0. The molecule has 3 rings (SSSR count). The second kappa shape index (κ2) is 6.24. The van der Waals surface area contributed by atoms with Crippen LogP contribution in [-0.4, -0.2) is 12.1 Å². The topological polar surface area (TPSA) is 60.2 Å². The summed E-state index contributed by atoms with van der Waals surface area (Å²) in [7, 11) is 1.67. The molecule has 0 saturated carbocycles. The standard InChI is InChI=1S/C17H21N3O/c1-21-15-7-4-10-19-17(15)16(20-18)14-9-8-12-5-2-3-6-13(12)11-14/h2-7,10,14,16,20H,8-9,11,18H2,1H3. The zero-order valence-electron chi connectivity index (χ0n) is 12.3. The number of aryl methyl sites for hydroxylation is 1. The van der Waals surface area contributed by atoms with Gasteiger partial charge in [-0.05, 0) is 48.4 Å². The summed E-state index contributed by atoms with van der Waals surface area (Å²) < 4.78 is 5.43. The number of pyridine rings is 1. The first-order valence-electron chi connectivity index (χ1n) is 7.35. The van der Waals surface area contributed by atoms with E-state index in [0.29, 0.717) is 5.92 Å². The van der Waals surface area contributed by atoms with E-state index in [9.17, 15) is 0 Å². The predicted octanol–water partition coefficient (Wildman–Crippen LogP) is 2.40. The third-order valence-corrected chi connectivity index (χ3v) is 4.35. The van der Waals surface area contributed by atoms with Crippen LogP contribution in [-0.2, 0) is 12.8 Å². The van der Waals surface area contributed by atoms with Crippen LogP contribution in [0.1, 0.15) is 29.3 Å². The molecule has 0 aliphatic heterocycles. The van der Waals surface area contributed by atoms with E-state index in [4.69, 9.17) is 10.6 Å². The molecule has 0 saturated heterocycles. The van der Waals surface area contributed by atoms with Crippen molar-refractivity contribution in [3.8, 4) is 5.75 Å². The Bertz CT molecular complexity index is 614. The van der Waals surface area contributed by atoms with Gasteiger partial charge in [0.1, 0.15) is 11.4 Å². The van der Waals surface area contributed by atoms with E-state index in [1.165, 1.54) is 11.1 Å². The maximum atomic E-state index is 5.83. The Morgan fingerprint density at radius 1 is 1.24 bits per heavy atom. The van der Waals surface area contributed by atoms with Crippen molar-refractivity contribution in [2.24, 2.45) is 11.8 Å². The fraction of sp³-hybridized carbons (Fsp3) is 0.353. The number of nitrogens with two attached hydrogens (primary N) is 1. The molecule has 2 aromatic rings. The highest BCUT2D eigenvalue weighted by Crippen LogP contribution is 2.35. The molecule has 3 N–H and O–H groups in total. The van der Waals surface area contributed by atoms with Gasteiger partial charge < -0.3 is 4.74 Å². The quantitative estimate of drug-likeness (QED) is 0.668. The van der Waals surface area contributed by atoms with E-state index in [2.05, 4.69) is 34.7 Å². The SMILES string of the molecule is COc1cccnc1C(NN)C1CCc2ccccc2C1. The fourth-order valence-corrected chi connectivity index (χ4v) is 3.26. The van der Waals surface area contributed by atoms with Crippen LogP contribution < -0.4 is 16.0 Å². The minimum Gasteiger partial charge on any atom is -0.495 e. The molecule has 110 valence electrons. The van der Waals surface area contributed by atoms with Gasteiger partial charge in [-0.1, -0.05) is 24.3 Å². The molecule has 4 heteroatoms. The number of hydrogen-bond donors (Lipinski definition) is 2. The smallest absolute Gasteiger partial charge is 0.142 e. The molecule has 1 aliphatic carbocycles. The molecule has 0 fully saturated rings. The molecule has 2 atom stereocenters. The lowest BCUT2D eigenvalue weighted by Gasteiger charge is -2.31. The third-order valence-electron chi connectivity index (χ3n) is 4.35. The minimum atomic E-state index is 0.00880. The Hall–Kier alpha value is -1.91. The van der Waals surface area contributed by atoms with Crippen molar-refractivity contribution in [1.82, 2.24) is 10.4 Å². The average molecular weight is 283 g/mol. The Kier molecular flexibility index (Phi) is 4.18. The summed E-state index contributed by atoms with van der Waals surface area (Å²) in [5.74, 6) is 7.05. The highest BCUT2D eigenvalue weighted by molar-refractivity contribution is 5.33. The van der Waals surface area contributed by atoms with Gasteiger partial charge in [0.15, 0.2) is 0 Å². The van der Waals surface area contributed by atoms with E-state index < -0.39 is 0 Å². The highest BCUT2D eigenvalue weighted by atomic mass is 16.5. The van der Waals surface area contributed by atoms with E-state index in [0.717, 1.165) is 30.7 Å². The van der Waals surface area contributed by atoms with Gasteiger partial charge >= 0.3 is 0 Å². The van der Waals surface area contributed by atoms with Crippen molar-refractivity contribution < 1.29 is 4.74 Å². The lowest BCUT2D eigenvalue weighted by Crippen LogP contribution is -2.36. The fourth-order valence-electron chi connectivity index (χ4n) is 3.26. The maximum Gasteiger partial charge on any atom is 0.142 e. The van der Waals surface area contributed by atoms with Gasteiger partial charge in [0.25, 0.3) is 0 Å². The Balaban J connectivity index is 1.88. The first-order chi connectivity index (χ1) is 10.3. The van der Waals surface area contributed by atoms with Crippen molar-refractivity contribution in [1.29, 1.82) is 0 Å². The van der Waals surface area contributed by atoms with Crippen LogP contribution in [0.2, 0.25) is 0 Å². The number of fused-ring (bicyclic) bond motifs is 1. The first-order valence-corrected chi connectivity index (χ1v) is 7.35. The summed E-state index contributed by atoms with van der Waals surface area (Å²) in [6.07, 6.45) is 5.00. The molecule has 1 aliphatic rings. The Morgan fingerprint density at radius 3 is 2.81 bits per heavy atom. The predicted molar refractivity (Wildman–Crippen MR) is 82.8 cm³/mol. The number of nitrogens with zero attached hydrogens (tertiary/aromatic N) is 1. The second-order valence-corrected chi connectivity index (χ2v) is 5.51. The lowest BCUT2D eigenvalue weighted by molar-refractivity contribution is 0.309. The number of nitrogens with one attached hydrogen (secondary N) is 1. The van der Waals surface area contributed by atoms with Crippen LogP contribution in [0.25, 0.3) is 0 Å². The van der Waals surface area contributed by atoms with Gasteiger partial charge in [0, 0.05) is 6.20 Å². The molecule has 1 aromatic carbocycles. The van der Waals surface area contributed by atoms with Crippen molar-refractivity contribution in [3.05, 3.63) is 59.4 Å². The summed E-state index contributed by atoms with van der Waals surface area (Å²) in [6, 6.07) is 12.5. The van der Waals surface area contributed by atoms with Crippen LogP contribution in [0.5, 0.6) is 5.75 Å². The van der Waals surface area contributed by atoms with E-state index >= 15 is 0 Å². The zero-order valence-corrected chi connectivity index (χ0v) is 12.3. The van der Waals surface area contributed by atoms with Crippen LogP contribution in [0.3, 0.4) is 0 Å². The number of methoxy groups -OCH3 is 1. The molecule has 1 aromatic heterocycles. The number of benzene rings is 1. The largest absolute Gasteiger partial charge is 0.495 e. The normalized spacial score (nSPS) is 18.9. The number of aromatic nitrogens is 1. The van der Waals surface area contributed by atoms with E-state index in [1.54, 1.807) is 13.3 Å². The first kappa shape index (κ1) is 14.0. The van der Waals surface area contributed by atoms with Gasteiger partial charge in [-0.2, -0.15) is 0 Å². The number of hydrogen-bond acceptors (Lipinski definition) is 4. The van der Waals surface area contributed by atoms with Gasteiger partial charge in [0.05, 0.1) is 13.2 Å². The van der Waals surface area contributed by atoms with E-state index in [1.807, 2.05) is 12.1 Å². The van der Waals surface area contributed by atoms with Crippen LogP contribution in [0.4, 0.5) is 0 Å². The molecule has 0 amide bonds. The van der Waals surface area contributed by atoms with Crippen molar-refractivity contribution in [2.45, 2.75) is 25.3 Å². The molecular weight excluding hydrogens is 262 g/mol. The molecule has 1 heterocycles. The van der Waals surface area contributed by atoms with Crippen molar-refractivity contribution in [2.75, 3.05) is 7.11 Å². The second-order valence-electron chi connectivity index (χ2n) is 5.51. The number of rotatable bonds is 4. The molecule has 0 spiro atoms. The van der Waals surface area contributed by atoms with Gasteiger partial charge in [-0.25, -0.2) is 0 Å². The average Bonchev–Trinajstić information content (AvgIpc) is 2.56. The molecule has 4 nitrogen and oxygen atoms in total. The van der Waals surface area contributed by atoms with Crippen LogP contribution in [0, 0.1) is 5.92 Å². The van der Waals surface area contributed by atoms with Gasteiger partial charge in [0.2, 0.25) is 0 Å². The van der Waals surface area contributed by atoms with Crippen molar-refractivity contribution >= 4 is 0 Å². The summed E-state index contributed by atoms with van der Waals surface area (Å²) in [6.45, 7) is 0. The molecule has 0 radical (unpaired) electrons. The maximum absolute atomic E-state index is 5.83. The monoisotopic (exact) mass is 283 g/mol. The minimum absolute atomic E-state index is 0.00880. The van der Waals surface area contributed by atoms with Crippen LogP contribution >= 0.6 is 0 Å². The highest BCUT2D eigenvalue weighted by Gasteiger charge is 2.29. The summed E-state index contributed by atoms with van der Waals surface area (Å²) in [5, 5.41) is 0. The Labute approximate surface area is 125 Å². The molecular formula is C17H21N3O. The molecule has 21 heavy (non-hydrogen) atoms.